The molecule has 0 amide bonds. The minimum Gasteiger partial charge on any atom is -1.00 e. The van der Waals surface area contributed by atoms with Crippen LogP contribution < -0.4 is 42.4 Å². The number of hydrogen-bond donors (Lipinski definition) is 0. The number of allylic oxidation sites excluding steroid dienone is 4. The van der Waals surface area contributed by atoms with Gasteiger partial charge in [0, 0.05) is 8.07 Å². The Morgan fingerprint density at radius 3 is 2.10 bits per heavy atom. The molecule has 1 atom stereocenters. The second-order valence-electron chi connectivity index (χ2n) is 4.88. The summed E-state index contributed by atoms with van der Waals surface area (Å²) in [6.07, 6.45) is 8.09. The topological polar surface area (TPSA) is 0 Å². The molecule has 1 aliphatic carbocycles. The fourth-order valence-electron chi connectivity index (χ4n) is 2.72. The van der Waals surface area contributed by atoms with Crippen molar-refractivity contribution in [2.45, 2.75) is 39.3 Å². The largest absolute Gasteiger partial charge is 4.00 e. The van der Waals surface area contributed by atoms with Gasteiger partial charge in [-0.2, -0.15) is 11.3 Å². The summed E-state index contributed by atoms with van der Waals surface area (Å²) in [6, 6.07) is 12.3. The van der Waals surface area contributed by atoms with Gasteiger partial charge in [0.05, 0.1) is 0 Å². The quantitative estimate of drug-likeness (QED) is 0.354. The summed E-state index contributed by atoms with van der Waals surface area (Å²) in [5.41, 5.74) is 1.48. The molecule has 1 aromatic carbocycles. The molecule has 0 fully saturated rings. The van der Waals surface area contributed by atoms with E-state index < -0.39 is 8.07 Å². The standard InChI is InChI=1S/C16H21Si.3ClH.Ti/c1-4-14-10-9-13-16(14)17(3,5-2)15-11-7-6-8-12-15;;;;/h6-8,11-13H,4-5,9H2,1-3H3;3*1H;/q-1;;;;+4/p-3. The second kappa shape index (κ2) is 12.0. The molecule has 1 aliphatic rings. The first kappa shape index (κ1) is 26.4. The maximum Gasteiger partial charge on any atom is 4.00 e. The zero-order chi connectivity index (χ0) is 12.3. The Labute approximate surface area is 164 Å². The van der Waals surface area contributed by atoms with Gasteiger partial charge in [-0.1, -0.05) is 68.4 Å². The molecule has 0 bridgehead atoms. The van der Waals surface area contributed by atoms with E-state index in [0.717, 1.165) is 12.8 Å². The second-order valence-corrected chi connectivity index (χ2v) is 9.37. The van der Waals surface area contributed by atoms with Crippen LogP contribution in [0.4, 0.5) is 0 Å². The van der Waals surface area contributed by atoms with Gasteiger partial charge in [0.1, 0.15) is 0 Å². The molecule has 0 saturated heterocycles. The van der Waals surface area contributed by atoms with Crippen molar-refractivity contribution in [3.8, 4) is 0 Å². The summed E-state index contributed by atoms with van der Waals surface area (Å²) in [5, 5.41) is 3.19. The van der Waals surface area contributed by atoms with Crippen LogP contribution in [0, 0.1) is 6.08 Å². The maximum atomic E-state index is 3.52. The number of halogens is 3. The summed E-state index contributed by atoms with van der Waals surface area (Å²) in [7, 11) is -1.49. The van der Waals surface area contributed by atoms with Crippen molar-refractivity contribution < 1.29 is 58.9 Å². The van der Waals surface area contributed by atoms with Gasteiger partial charge < -0.3 is 37.2 Å². The predicted molar refractivity (Wildman–Crippen MR) is 77.9 cm³/mol. The zero-order valence-corrected chi connectivity index (χ0v) is 17.5. The minimum atomic E-state index is -1.49. The molecule has 0 spiro atoms. The van der Waals surface area contributed by atoms with Crippen LogP contribution >= 0.6 is 0 Å². The third-order valence-electron chi connectivity index (χ3n) is 4.01. The molecule has 2 rings (SSSR count). The van der Waals surface area contributed by atoms with E-state index in [1.54, 1.807) is 10.4 Å². The van der Waals surface area contributed by atoms with Crippen LogP contribution in [0.25, 0.3) is 0 Å². The van der Waals surface area contributed by atoms with E-state index in [0.29, 0.717) is 0 Å². The van der Waals surface area contributed by atoms with Gasteiger partial charge in [0.15, 0.2) is 0 Å². The van der Waals surface area contributed by atoms with Crippen molar-refractivity contribution in [3.63, 3.8) is 0 Å². The number of rotatable bonds is 4. The van der Waals surface area contributed by atoms with Gasteiger partial charge in [0.2, 0.25) is 0 Å². The minimum absolute atomic E-state index is 0. The molecule has 1 aromatic rings. The molecule has 0 N–H and O–H groups in total. The third kappa shape index (κ3) is 5.57. The van der Waals surface area contributed by atoms with Crippen molar-refractivity contribution >= 4 is 13.3 Å². The fraction of sp³-hybridized carbons (Fsp3) is 0.375. The Morgan fingerprint density at radius 1 is 1.05 bits per heavy atom. The molecule has 1 unspecified atom stereocenters. The Bertz CT molecular complexity index is 460. The smallest absolute Gasteiger partial charge is 1.00 e. The van der Waals surface area contributed by atoms with E-state index in [1.165, 1.54) is 11.6 Å². The number of benzene rings is 1. The fourth-order valence-corrected chi connectivity index (χ4v) is 6.24. The molecular weight excluding hydrogens is 374 g/mol. The van der Waals surface area contributed by atoms with Crippen molar-refractivity contribution in [1.29, 1.82) is 0 Å². The van der Waals surface area contributed by atoms with Crippen LogP contribution in [-0.4, -0.2) is 8.07 Å². The van der Waals surface area contributed by atoms with Crippen LogP contribution in [0.5, 0.6) is 0 Å². The molecule has 0 radical (unpaired) electrons. The van der Waals surface area contributed by atoms with Gasteiger partial charge in [-0.05, 0) is 0 Å². The molecule has 0 nitrogen and oxygen atoms in total. The van der Waals surface area contributed by atoms with Crippen molar-refractivity contribution in [3.05, 3.63) is 53.3 Å². The molecular formula is C16H21Cl3SiTi. The summed E-state index contributed by atoms with van der Waals surface area (Å²) >= 11 is 0. The van der Waals surface area contributed by atoms with Crippen molar-refractivity contribution in [2.75, 3.05) is 0 Å². The molecule has 114 valence electrons. The van der Waals surface area contributed by atoms with Crippen molar-refractivity contribution in [2.24, 2.45) is 0 Å². The Kier molecular flexibility index (Phi) is 15.1. The normalized spacial score (nSPS) is 15.0. The average molecular weight is 396 g/mol. The molecule has 21 heavy (non-hydrogen) atoms. The van der Waals surface area contributed by atoms with Crippen LogP contribution in [-0.2, 0) is 21.7 Å². The first-order valence-electron chi connectivity index (χ1n) is 6.58. The van der Waals surface area contributed by atoms with E-state index in [1.807, 2.05) is 0 Å². The predicted octanol–water partition coefficient (Wildman–Crippen LogP) is -4.99. The molecule has 0 aromatic heterocycles. The molecule has 0 aliphatic heterocycles. The van der Waals surface area contributed by atoms with Gasteiger partial charge in [-0.25, -0.2) is 5.57 Å². The zero-order valence-electron chi connectivity index (χ0n) is 12.7. The van der Waals surface area contributed by atoms with Crippen LogP contribution in [0.2, 0.25) is 12.6 Å². The van der Waals surface area contributed by atoms with Crippen LogP contribution in [0.3, 0.4) is 0 Å². The van der Waals surface area contributed by atoms with Gasteiger partial charge in [-0.15, -0.1) is 6.42 Å². The summed E-state index contributed by atoms with van der Waals surface area (Å²) < 4.78 is 0. The summed E-state index contributed by atoms with van der Waals surface area (Å²) in [5.74, 6) is 0. The van der Waals surface area contributed by atoms with E-state index in [9.17, 15) is 0 Å². The molecule has 5 heteroatoms. The number of hydrogen-bond acceptors (Lipinski definition) is 0. The molecule has 0 saturated carbocycles. The van der Waals surface area contributed by atoms with Crippen LogP contribution in [0.1, 0.15) is 26.7 Å². The summed E-state index contributed by atoms with van der Waals surface area (Å²) in [4.78, 5) is 0. The Hall–Kier alpha value is 0.501. The monoisotopic (exact) mass is 394 g/mol. The first-order valence-corrected chi connectivity index (χ1v) is 9.29. The van der Waals surface area contributed by atoms with Crippen molar-refractivity contribution in [1.82, 2.24) is 0 Å². The first-order chi connectivity index (χ1) is 8.22. The Morgan fingerprint density at radius 2 is 1.62 bits per heavy atom. The van der Waals surface area contributed by atoms with E-state index in [-0.39, 0.29) is 58.9 Å². The van der Waals surface area contributed by atoms with E-state index in [2.05, 4.69) is 62.9 Å². The van der Waals surface area contributed by atoms with Crippen LogP contribution in [0.15, 0.2) is 47.2 Å². The maximum absolute atomic E-state index is 3.52. The van der Waals surface area contributed by atoms with E-state index >= 15 is 0 Å². The van der Waals surface area contributed by atoms with Gasteiger partial charge >= 0.3 is 21.7 Å². The third-order valence-corrected chi connectivity index (χ3v) is 8.73. The average Bonchev–Trinajstić information content (AvgIpc) is 2.87. The summed E-state index contributed by atoms with van der Waals surface area (Å²) in [6.45, 7) is 7.08. The SMILES string of the molecule is CCC1=[C-]CC=C1[Si](C)(CC)c1ccccc1.[Cl-].[Cl-].[Cl-].[Ti+4]. The molecule has 0 heterocycles. The van der Waals surface area contributed by atoms with Gasteiger partial charge in [-0.3, -0.25) is 6.08 Å². The van der Waals surface area contributed by atoms with Gasteiger partial charge in [0.25, 0.3) is 0 Å². The van der Waals surface area contributed by atoms with E-state index in [4.69, 9.17) is 0 Å². The Balaban J connectivity index is -0.000000810.